The molecule has 0 spiro atoms. The molecule has 14 heavy (non-hydrogen) atoms. The van der Waals surface area contributed by atoms with Crippen molar-refractivity contribution in [3.63, 3.8) is 0 Å². The van der Waals surface area contributed by atoms with Crippen molar-refractivity contribution >= 4 is 17.7 Å². The van der Waals surface area contributed by atoms with Gasteiger partial charge >= 0.3 is 0 Å². The number of thioether (sulfide) groups is 1. The van der Waals surface area contributed by atoms with E-state index in [2.05, 4.69) is 11.2 Å². The molecule has 0 aromatic heterocycles. The second-order valence-electron chi connectivity index (χ2n) is 2.99. The van der Waals surface area contributed by atoms with E-state index < -0.39 is 6.10 Å². The zero-order valence-electron chi connectivity index (χ0n) is 8.45. The molecule has 1 amide bonds. The summed E-state index contributed by atoms with van der Waals surface area (Å²) in [4.78, 5) is 11.1. The molecule has 1 atom stereocenters. The summed E-state index contributed by atoms with van der Waals surface area (Å²) >= 11 is 1.62. The van der Waals surface area contributed by atoms with Crippen molar-refractivity contribution < 1.29 is 9.90 Å². The molecule has 0 aromatic carbocycles. The minimum atomic E-state index is -0.406. The monoisotopic (exact) mass is 215 g/mol. The van der Waals surface area contributed by atoms with Gasteiger partial charge in [-0.05, 0) is 13.3 Å². The molecule has 2 N–H and O–H groups in total. The third kappa shape index (κ3) is 9.43. The van der Waals surface area contributed by atoms with E-state index in [1.54, 1.807) is 18.7 Å². The van der Waals surface area contributed by atoms with Gasteiger partial charge in [0.15, 0.2) is 0 Å². The van der Waals surface area contributed by atoms with Crippen LogP contribution in [0.2, 0.25) is 0 Å². The highest BCUT2D eigenvalue weighted by molar-refractivity contribution is 7.99. The van der Waals surface area contributed by atoms with Crippen LogP contribution in [0.25, 0.3) is 0 Å². The summed E-state index contributed by atoms with van der Waals surface area (Å²) in [7, 11) is 0. The Labute approximate surface area is 89.7 Å². The Kier molecular flexibility index (Phi) is 8.50. The van der Waals surface area contributed by atoms with E-state index >= 15 is 0 Å². The lowest BCUT2D eigenvalue weighted by atomic mass is 10.2. The van der Waals surface area contributed by atoms with Gasteiger partial charge in [0, 0.05) is 18.7 Å². The molecule has 0 heterocycles. The largest absolute Gasteiger partial charge is 0.393 e. The van der Waals surface area contributed by atoms with Crippen LogP contribution in [0.5, 0.6) is 0 Å². The standard InChI is InChI=1S/C10H17NO2S/c1-3-7-14-8-6-11-10(13)5-4-9(2)12/h1,9,12H,4-8H2,2H3,(H,11,13). The van der Waals surface area contributed by atoms with E-state index in [-0.39, 0.29) is 5.91 Å². The first kappa shape index (κ1) is 13.3. The Morgan fingerprint density at radius 1 is 1.71 bits per heavy atom. The number of hydrogen-bond donors (Lipinski definition) is 2. The summed E-state index contributed by atoms with van der Waals surface area (Å²) in [5, 5.41) is 11.7. The Bertz CT molecular complexity index is 199. The smallest absolute Gasteiger partial charge is 0.220 e. The Morgan fingerprint density at radius 2 is 2.43 bits per heavy atom. The first-order chi connectivity index (χ1) is 6.66. The Morgan fingerprint density at radius 3 is 3.00 bits per heavy atom. The summed E-state index contributed by atoms with van der Waals surface area (Å²) in [6.07, 6.45) is 5.56. The lowest BCUT2D eigenvalue weighted by molar-refractivity contribution is -0.121. The third-order valence-electron chi connectivity index (χ3n) is 1.54. The first-order valence-electron chi connectivity index (χ1n) is 4.62. The summed E-state index contributed by atoms with van der Waals surface area (Å²) in [5.41, 5.74) is 0. The number of hydrogen-bond acceptors (Lipinski definition) is 3. The molecule has 0 aliphatic heterocycles. The maximum absolute atomic E-state index is 11.1. The van der Waals surface area contributed by atoms with Gasteiger partial charge in [0.25, 0.3) is 0 Å². The Balaban J connectivity index is 3.24. The second-order valence-corrected chi connectivity index (χ2v) is 4.10. The normalized spacial score (nSPS) is 11.8. The van der Waals surface area contributed by atoms with E-state index in [0.717, 1.165) is 5.75 Å². The van der Waals surface area contributed by atoms with E-state index in [1.165, 1.54) is 0 Å². The maximum Gasteiger partial charge on any atom is 0.220 e. The van der Waals surface area contributed by atoms with Crippen LogP contribution < -0.4 is 5.32 Å². The van der Waals surface area contributed by atoms with Gasteiger partial charge in [-0.3, -0.25) is 4.79 Å². The highest BCUT2D eigenvalue weighted by atomic mass is 32.2. The quantitative estimate of drug-likeness (QED) is 0.484. The molecule has 0 saturated heterocycles. The molecule has 3 nitrogen and oxygen atoms in total. The number of carbonyl (C=O) groups is 1. The van der Waals surface area contributed by atoms with Gasteiger partial charge in [0.05, 0.1) is 11.9 Å². The summed E-state index contributed by atoms with van der Waals surface area (Å²) in [6.45, 7) is 2.32. The first-order valence-corrected chi connectivity index (χ1v) is 5.78. The molecule has 0 fully saturated rings. The van der Waals surface area contributed by atoms with Crippen LogP contribution >= 0.6 is 11.8 Å². The van der Waals surface area contributed by atoms with Crippen molar-refractivity contribution in [1.29, 1.82) is 0 Å². The van der Waals surface area contributed by atoms with Crippen LogP contribution in [0.4, 0.5) is 0 Å². The van der Waals surface area contributed by atoms with E-state index in [1.807, 2.05) is 0 Å². The molecule has 0 radical (unpaired) electrons. The minimum Gasteiger partial charge on any atom is -0.393 e. The topological polar surface area (TPSA) is 49.3 Å². The van der Waals surface area contributed by atoms with Crippen molar-refractivity contribution in [3.05, 3.63) is 0 Å². The number of amides is 1. The van der Waals surface area contributed by atoms with Gasteiger partial charge in [0.1, 0.15) is 0 Å². The molecular formula is C10H17NO2S. The molecule has 80 valence electrons. The van der Waals surface area contributed by atoms with Crippen LogP contribution in [-0.2, 0) is 4.79 Å². The van der Waals surface area contributed by atoms with Crippen LogP contribution in [0.1, 0.15) is 19.8 Å². The second kappa shape index (κ2) is 8.92. The molecule has 0 bridgehead atoms. The predicted molar refractivity (Wildman–Crippen MR) is 60.1 cm³/mol. The van der Waals surface area contributed by atoms with Gasteiger partial charge in [-0.15, -0.1) is 18.2 Å². The number of aliphatic hydroxyl groups excluding tert-OH is 1. The molecule has 0 aliphatic rings. The molecule has 0 aliphatic carbocycles. The SMILES string of the molecule is C#CCSCCNC(=O)CCC(C)O. The lowest BCUT2D eigenvalue weighted by Gasteiger charge is -2.05. The van der Waals surface area contributed by atoms with Crippen LogP contribution in [-0.4, -0.2) is 35.2 Å². The summed E-state index contributed by atoms with van der Waals surface area (Å²) in [6, 6.07) is 0. The molecule has 4 heteroatoms. The number of rotatable bonds is 7. The van der Waals surface area contributed by atoms with Crippen molar-refractivity contribution in [3.8, 4) is 12.3 Å². The van der Waals surface area contributed by atoms with E-state index in [9.17, 15) is 4.79 Å². The molecule has 0 rings (SSSR count). The van der Waals surface area contributed by atoms with Gasteiger partial charge in [0.2, 0.25) is 5.91 Å². The average Bonchev–Trinajstić information content (AvgIpc) is 2.14. The highest BCUT2D eigenvalue weighted by Crippen LogP contribution is 1.97. The number of aliphatic hydroxyl groups is 1. The van der Waals surface area contributed by atoms with Crippen molar-refractivity contribution in [2.45, 2.75) is 25.9 Å². The van der Waals surface area contributed by atoms with Crippen molar-refractivity contribution in [1.82, 2.24) is 5.32 Å². The van der Waals surface area contributed by atoms with Gasteiger partial charge in [-0.1, -0.05) is 5.92 Å². The minimum absolute atomic E-state index is 0.00722. The lowest BCUT2D eigenvalue weighted by Crippen LogP contribution is -2.26. The van der Waals surface area contributed by atoms with Crippen LogP contribution in [0, 0.1) is 12.3 Å². The van der Waals surface area contributed by atoms with Crippen LogP contribution in [0.15, 0.2) is 0 Å². The van der Waals surface area contributed by atoms with Crippen molar-refractivity contribution in [2.75, 3.05) is 18.1 Å². The summed E-state index contributed by atoms with van der Waals surface area (Å²) in [5.74, 6) is 4.03. The zero-order valence-corrected chi connectivity index (χ0v) is 9.27. The number of nitrogens with one attached hydrogen (secondary N) is 1. The van der Waals surface area contributed by atoms with Gasteiger partial charge < -0.3 is 10.4 Å². The van der Waals surface area contributed by atoms with E-state index in [4.69, 9.17) is 11.5 Å². The maximum atomic E-state index is 11.1. The fraction of sp³-hybridized carbons (Fsp3) is 0.700. The average molecular weight is 215 g/mol. The molecular weight excluding hydrogens is 198 g/mol. The highest BCUT2D eigenvalue weighted by Gasteiger charge is 2.02. The van der Waals surface area contributed by atoms with E-state index in [0.29, 0.717) is 25.1 Å². The molecule has 0 aromatic rings. The van der Waals surface area contributed by atoms with Gasteiger partial charge in [-0.2, -0.15) is 0 Å². The Hall–Kier alpha value is -0.660. The fourth-order valence-corrected chi connectivity index (χ4v) is 1.33. The number of terminal acetylenes is 1. The van der Waals surface area contributed by atoms with Crippen LogP contribution in [0.3, 0.4) is 0 Å². The fourth-order valence-electron chi connectivity index (χ4n) is 0.822. The molecule has 0 saturated carbocycles. The predicted octanol–water partition coefficient (Wildman–Crippen LogP) is 0.630. The summed E-state index contributed by atoms with van der Waals surface area (Å²) < 4.78 is 0. The zero-order chi connectivity index (χ0) is 10.8. The number of carbonyl (C=O) groups excluding carboxylic acids is 1. The third-order valence-corrected chi connectivity index (χ3v) is 2.41. The van der Waals surface area contributed by atoms with Crippen molar-refractivity contribution in [2.24, 2.45) is 0 Å². The molecule has 1 unspecified atom stereocenters. The van der Waals surface area contributed by atoms with Gasteiger partial charge in [-0.25, -0.2) is 0 Å².